The van der Waals surface area contributed by atoms with Gasteiger partial charge in [-0.2, -0.15) is 4.31 Å². The molecule has 8 nitrogen and oxygen atoms in total. The number of anilines is 2. The van der Waals surface area contributed by atoms with Crippen LogP contribution in [0.15, 0.2) is 60.3 Å². The van der Waals surface area contributed by atoms with E-state index in [0.717, 1.165) is 21.2 Å². The molecule has 0 aliphatic carbocycles. The van der Waals surface area contributed by atoms with Gasteiger partial charge in [0.2, 0.25) is 10.0 Å². The van der Waals surface area contributed by atoms with Crippen molar-refractivity contribution < 1.29 is 17.9 Å². The Morgan fingerprint density at radius 1 is 1.33 bits per heavy atom. The number of carbonyl (C=O) groups is 1. The number of benzene rings is 1. The van der Waals surface area contributed by atoms with Gasteiger partial charge in [-0.3, -0.25) is 9.78 Å². The highest BCUT2D eigenvalue weighted by Gasteiger charge is 2.37. The number of carbonyl (C=O) groups excluding carboxylic acids is 1. The summed E-state index contributed by atoms with van der Waals surface area (Å²) in [6, 6.07) is 7.83. The summed E-state index contributed by atoms with van der Waals surface area (Å²) >= 11 is 0. The van der Waals surface area contributed by atoms with Crippen molar-refractivity contribution in [3.05, 3.63) is 60.9 Å². The first kappa shape index (κ1) is 24.7. The van der Waals surface area contributed by atoms with Crippen LogP contribution in [-0.2, 0) is 26.1 Å². The topological polar surface area (TPSA) is 91.8 Å². The molecule has 2 heterocycles. The molecule has 1 aromatic carbocycles. The Morgan fingerprint density at radius 3 is 2.67 bits per heavy atom. The summed E-state index contributed by atoms with van der Waals surface area (Å²) < 4.78 is 32.9. The molecular formula is C24H32N4O4S. The molecule has 0 fully saturated rings. The molecule has 1 aliphatic rings. The van der Waals surface area contributed by atoms with E-state index in [1.54, 1.807) is 36.7 Å². The number of hydrogen-bond acceptors (Lipinski definition) is 7. The molecule has 178 valence electrons. The summed E-state index contributed by atoms with van der Waals surface area (Å²) in [5, 5.41) is 3.38. The minimum atomic E-state index is -3.89. The minimum absolute atomic E-state index is 0.0390. The molecule has 0 saturated heterocycles. The van der Waals surface area contributed by atoms with Gasteiger partial charge in [0.15, 0.2) is 0 Å². The molecule has 1 aliphatic heterocycles. The Morgan fingerprint density at radius 2 is 2.03 bits per heavy atom. The number of esters is 1. The Balaban J connectivity index is 1.79. The van der Waals surface area contributed by atoms with E-state index in [4.69, 9.17) is 4.74 Å². The van der Waals surface area contributed by atoms with Crippen molar-refractivity contribution in [3.63, 3.8) is 0 Å². The van der Waals surface area contributed by atoms with E-state index in [9.17, 15) is 13.2 Å². The zero-order chi connectivity index (χ0) is 24.2. The van der Waals surface area contributed by atoms with Crippen LogP contribution in [0.5, 0.6) is 0 Å². The number of fused-ring (bicyclic) bond motifs is 1. The summed E-state index contributed by atoms with van der Waals surface area (Å²) in [6.45, 7) is 10.0. The summed E-state index contributed by atoms with van der Waals surface area (Å²) in [7, 11) is -2.47. The third-order valence-corrected chi connectivity index (χ3v) is 7.91. The maximum absolute atomic E-state index is 13.3. The fourth-order valence-electron chi connectivity index (χ4n) is 3.95. The van der Waals surface area contributed by atoms with Gasteiger partial charge in [0.05, 0.1) is 28.6 Å². The number of ether oxygens (including phenoxy) is 1. The second-order valence-corrected chi connectivity index (χ2v) is 10.3. The van der Waals surface area contributed by atoms with Gasteiger partial charge in [-0.15, -0.1) is 0 Å². The Kier molecular flexibility index (Phi) is 7.76. The van der Waals surface area contributed by atoms with Crippen molar-refractivity contribution in [2.45, 2.75) is 50.8 Å². The van der Waals surface area contributed by atoms with Crippen molar-refractivity contribution in [1.82, 2.24) is 9.29 Å². The van der Waals surface area contributed by atoms with Crippen LogP contribution < -0.4 is 10.2 Å². The average molecular weight is 473 g/mol. The van der Waals surface area contributed by atoms with E-state index in [1.165, 1.54) is 13.1 Å². The van der Waals surface area contributed by atoms with E-state index >= 15 is 0 Å². The number of nitrogens with one attached hydrogen (secondary N) is 1. The van der Waals surface area contributed by atoms with Gasteiger partial charge in [-0.25, -0.2) is 8.42 Å². The van der Waals surface area contributed by atoms with Gasteiger partial charge in [0.1, 0.15) is 12.6 Å². The first-order valence-corrected chi connectivity index (χ1v) is 12.5. The lowest BCUT2D eigenvalue weighted by Gasteiger charge is -2.30. The third kappa shape index (κ3) is 5.20. The van der Waals surface area contributed by atoms with E-state index in [1.807, 2.05) is 19.9 Å². The van der Waals surface area contributed by atoms with Gasteiger partial charge < -0.3 is 15.0 Å². The zero-order valence-electron chi connectivity index (χ0n) is 19.6. The average Bonchev–Trinajstić information content (AvgIpc) is 3.12. The number of hydrogen-bond donors (Lipinski definition) is 1. The third-order valence-electron chi connectivity index (χ3n) is 6.05. The number of pyridine rings is 1. The molecule has 0 spiro atoms. The largest absolute Gasteiger partial charge is 0.460 e. The SMILES string of the molecule is C=CCOC(=O)[C@H]([C@@H](C)CC)N(C)S(=O)(=O)c1ccc(CN2c3ccncc3NC2C)cc1. The quantitative estimate of drug-likeness (QED) is 0.417. The lowest BCUT2D eigenvalue weighted by Crippen LogP contribution is -2.47. The minimum Gasteiger partial charge on any atom is -0.460 e. The van der Waals surface area contributed by atoms with Gasteiger partial charge in [-0.05, 0) is 36.6 Å². The monoisotopic (exact) mass is 472 g/mol. The molecule has 0 amide bonds. The van der Waals surface area contributed by atoms with Crippen molar-refractivity contribution in [1.29, 1.82) is 0 Å². The van der Waals surface area contributed by atoms with Crippen molar-refractivity contribution in [3.8, 4) is 0 Å². The summed E-state index contributed by atoms with van der Waals surface area (Å²) in [4.78, 5) is 19.1. The Labute approximate surface area is 196 Å². The Hall–Kier alpha value is -2.91. The predicted octanol–water partition coefficient (Wildman–Crippen LogP) is 3.62. The fourth-order valence-corrected chi connectivity index (χ4v) is 5.36. The van der Waals surface area contributed by atoms with Crippen molar-refractivity contribution >= 4 is 27.4 Å². The smallest absolute Gasteiger partial charge is 0.325 e. The zero-order valence-corrected chi connectivity index (χ0v) is 20.4. The first-order chi connectivity index (χ1) is 15.7. The molecule has 3 atom stereocenters. The summed E-state index contributed by atoms with van der Waals surface area (Å²) in [5.41, 5.74) is 3.01. The molecular weight excluding hydrogens is 440 g/mol. The van der Waals surface area contributed by atoms with Crippen LogP contribution in [-0.4, -0.2) is 49.5 Å². The van der Waals surface area contributed by atoms with Crippen molar-refractivity contribution in [2.24, 2.45) is 5.92 Å². The van der Waals surface area contributed by atoms with Crippen LogP contribution in [0.3, 0.4) is 0 Å². The molecule has 9 heteroatoms. The van der Waals surface area contributed by atoms with Gasteiger partial charge in [-0.1, -0.05) is 45.1 Å². The first-order valence-electron chi connectivity index (χ1n) is 11.0. The highest BCUT2D eigenvalue weighted by atomic mass is 32.2. The number of likely N-dealkylation sites (N-methyl/N-ethyl adjacent to an activating group) is 1. The molecule has 3 rings (SSSR count). The fraction of sp³-hybridized carbons (Fsp3) is 0.417. The van der Waals surface area contributed by atoms with E-state index < -0.39 is 22.0 Å². The molecule has 1 aromatic heterocycles. The molecule has 33 heavy (non-hydrogen) atoms. The standard InChI is InChI=1S/C24H32N4O4S/c1-6-14-32-24(29)23(17(3)7-2)27(5)33(30,31)20-10-8-19(9-11-20)16-28-18(4)26-21-15-25-13-12-22(21)28/h6,8-13,15,17-18,23,26H,1,7,14,16H2,2-5H3/t17-,18?,23-/m0/s1. The molecule has 2 aromatic rings. The van der Waals surface area contributed by atoms with E-state index in [-0.39, 0.29) is 23.6 Å². The second-order valence-electron chi connectivity index (χ2n) is 8.26. The number of nitrogens with zero attached hydrogens (tertiary/aromatic N) is 3. The van der Waals surface area contributed by atoms with E-state index in [2.05, 4.69) is 28.7 Å². The number of aromatic nitrogens is 1. The van der Waals surface area contributed by atoms with Crippen molar-refractivity contribution in [2.75, 3.05) is 23.9 Å². The highest BCUT2D eigenvalue weighted by Crippen LogP contribution is 2.34. The van der Waals surface area contributed by atoms with Gasteiger partial charge in [0, 0.05) is 19.8 Å². The van der Waals surface area contributed by atoms with Crippen LogP contribution >= 0.6 is 0 Å². The predicted molar refractivity (Wildman–Crippen MR) is 129 cm³/mol. The van der Waals surface area contributed by atoms with E-state index in [0.29, 0.717) is 13.0 Å². The Bertz CT molecular complexity index is 1090. The maximum Gasteiger partial charge on any atom is 0.325 e. The summed E-state index contributed by atoms with van der Waals surface area (Å²) in [6.07, 6.45) is 5.74. The lowest BCUT2D eigenvalue weighted by atomic mass is 9.99. The second kappa shape index (κ2) is 10.4. The number of rotatable bonds is 10. The van der Waals surface area contributed by atoms with Crippen LogP contribution in [0.2, 0.25) is 0 Å². The maximum atomic E-state index is 13.3. The highest BCUT2D eigenvalue weighted by molar-refractivity contribution is 7.89. The van der Waals surface area contributed by atoms with Gasteiger partial charge in [0.25, 0.3) is 0 Å². The normalized spacial score (nSPS) is 17.2. The van der Waals surface area contributed by atoms with Crippen LogP contribution in [0.25, 0.3) is 0 Å². The van der Waals surface area contributed by atoms with Crippen LogP contribution in [0.4, 0.5) is 11.4 Å². The van der Waals surface area contributed by atoms with Crippen LogP contribution in [0.1, 0.15) is 32.8 Å². The molecule has 1 unspecified atom stereocenters. The lowest BCUT2D eigenvalue weighted by molar-refractivity contribution is -0.148. The van der Waals surface area contributed by atoms with Gasteiger partial charge >= 0.3 is 5.97 Å². The molecule has 0 radical (unpaired) electrons. The molecule has 0 bridgehead atoms. The molecule has 1 N–H and O–H groups in total. The summed E-state index contributed by atoms with van der Waals surface area (Å²) in [5.74, 6) is -0.782. The van der Waals surface area contributed by atoms with Crippen LogP contribution in [0, 0.1) is 5.92 Å². The molecule has 0 saturated carbocycles. The number of sulfonamides is 1.